The number of aliphatic hydroxyl groups is 1. The molecule has 0 aromatic heterocycles. The summed E-state index contributed by atoms with van der Waals surface area (Å²) in [6.07, 6.45) is 0. The molecule has 0 saturated heterocycles. The molecule has 0 aliphatic rings. The molecule has 4 nitrogen and oxygen atoms in total. The Labute approximate surface area is 102 Å². The summed E-state index contributed by atoms with van der Waals surface area (Å²) >= 11 is 0. The smallest absolute Gasteiger partial charge is 0.251 e. The molecular formula is C13H19NO3. The minimum atomic E-state index is -0.942. The summed E-state index contributed by atoms with van der Waals surface area (Å²) in [4.78, 5) is 11.8. The molecule has 0 heterocycles. The molecular weight excluding hydrogens is 218 g/mol. The molecule has 4 heteroatoms. The van der Waals surface area contributed by atoms with Crippen molar-refractivity contribution in [3.63, 3.8) is 0 Å². The lowest BCUT2D eigenvalue weighted by molar-refractivity contribution is 0.0784. The molecule has 0 aliphatic heterocycles. The van der Waals surface area contributed by atoms with E-state index in [-0.39, 0.29) is 5.91 Å². The number of amides is 1. The van der Waals surface area contributed by atoms with Gasteiger partial charge in [0.1, 0.15) is 0 Å². The van der Waals surface area contributed by atoms with Crippen molar-refractivity contribution in [1.29, 1.82) is 0 Å². The summed E-state index contributed by atoms with van der Waals surface area (Å²) in [7, 11) is 1.58. The molecule has 2 N–H and O–H groups in total. The number of carbonyl (C=O) groups excluding carboxylic acids is 1. The first-order valence-corrected chi connectivity index (χ1v) is 5.55. The predicted molar refractivity (Wildman–Crippen MR) is 65.9 cm³/mol. The number of ether oxygens (including phenoxy) is 1. The van der Waals surface area contributed by atoms with Crippen molar-refractivity contribution in [3.05, 3.63) is 35.4 Å². The topological polar surface area (TPSA) is 58.6 Å². The third-order valence-electron chi connectivity index (χ3n) is 2.42. The van der Waals surface area contributed by atoms with Gasteiger partial charge in [0.25, 0.3) is 5.91 Å². The van der Waals surface area contributed by atoms with Gasteiger partial charge < -0.3 is 15.2 Å². The van der Waals surface area contributed by atoms with E-state index in [0.717, 1.165) is 5.56 Å². The number of hydrogen-bond donors (Lipinski definition) is 2. The van der Waals surface area contributed by atoms with Crippen LogP contribution in [0.4, 0.5) is 0 Å². The Balaban J connectivity index is 2.74. The first-order valence-electron chi connectivity index (χ1n) is 5.55. The van der Waals surface area contributed by atoms with E-state index in [1.807, 2.05) is 0 Å². The van der Waals surface area contributed by atoms with Crippen molar-refractivity contribution in [2.24, 2.45) is 0 Å². The van der Waals surface area contributed by atoms with Gasteiger partial charge in [-0.05, 0) is 31.5 Å². The molecule has 0 spiro atoms. The molecule has 0 bridgehead atoms. The van der Waals surface area contributed by atoms with Crippen LogP contribution in [0.25, 0.3) is 0 Å². The SMILES string of the molecule is COCCNC(=O)c1cccc(C(C)(C)O)c1. The Bertz CT molecular complexity index is 382. The van der Waals surface area contributed by atoms with Crippen LogP contribution in [-0.2, 0) is 10.3 Å². The number of hydrogen-bond acceptors (Lipinski definition) is 3. The van der Waals surface area contributed by atoms with Crippen molar-refractivity contribution in [1.82, 2.24) is 5.32 Å². The second-order valence-corrected chi connectivity index (χ2v) is 4.39. The van der Waals surface area contributed by atoms with Crippen molar-refractivity contribution in [2.75, 3.05) is 20.3 Å². The molecule has 94 valence electrons. The van der Waals surface area contributed by atoms with E-state index in [1.165, 1.54) is 0 Å². The van der Waals surface area contributed by atoms with Gasteiger partial charge in [0.2, 0.25) is 0 Å². The van der Waals surface area contributed by atoms with Crippen molar-refractivity contribution >= 4 is 5.91 Å². The lowest BCUT2D eigenvalue weighted by Gasteiger charge is -2.18. The van der Waals surface area contributed by atoms with E-state index in [4.69, 9.17) is 4.74 Å². The third-order valence-corrected chi connectivity index (χ3v) is 2.42. The number of rotatable bonds is 5. The highest BCUT2D eigenvalue weighted by Gasteiger charge is 2.17. The van der Waals surface area contributed by atoms with Gasteiger partial charge in [0.15, 0.2) is 0 Å². The molecule has 0 radical (unpaired) electrons. The first kappa shape index (κ1) is 13.7. The summed E-state index contributed by atoms with van der Waals surface area (Å²) in [6.45, 7) is 4.34. The molecule has 0 aliphatic carbocycles. The van der Waals surface area contributed by atoms with Crippen LogP contribution in [0.1, 0.15) is 29.8 Å². The Morgan fingerprint density at radius 2 is 2.18 bits per heavy atom. The van der Waals surface area contributed by atoms with Crippen LogP contribution in [-0.4, -0.2) is 31.3 Å². The quantitative estimate of drug-likeness (QED) is 0.759. The van der Waals surface area contributed by atoms with E-state index >= 15 is 0 Å². The number of benzene rings is 1. The predicted octanol–water partition coefficient (Wildman–Crippen LogP) is 1.29. The van der Waals surface area contributed by atoms with E-state index < -0.39 is 5.60 Å². The van der Waals surface area contributed by atoms with Gasteiger partial charge in [-0.2, -0.15) is 0 Å². The highest BCUT2D eigenvalue weighted by atomic mass is 16.5. The fourth-order valence-corrected chi connectivity index (χ4v) is 1.41. The van der Waals surface area contributed by atoms with E-state index in [9.17, 15) is 9.90 Å². The highest BCUT2D eigenvalue weighted by molar-refractivity contribution is 5.94. The van der Waals surface area contributed by atoms with Crippen LogP contribution in [0.15, 0.2) is 24.3 Å². The second-order valence-electron chi connectivity index (χ2n) is 4.39. The van der Waals surface area contributed by atoms with Crippen molar-refractivity contribution in [2.45, 2.75) is 19.4 Å². The molecule has 0 unspecified atom stereocenters. The standard InChI is InChI=1S/C13H19NO3/c1-13(2,16)11-6-4-5-10(9-11)12(15)14-7-8-17-3/h4-6,9,16H,7-8H2,1-3H3,(H,14,15). The fraction of sp³-hybridized carbons (Fsp3) is 0.462. The van der Waals surface area contributed by atoms with Crippen LogP contribution in [0.5, 0.6) is 0 Å². The van der Waals surface area contributed by atoms with Crippen molar-refractivity contribution in [3.8, 4) is 0 Å². The largest absolute Gasteiger partial charge is 0.386 e. The van der Waals surface area contributed by atoms with Crippen LogP contribution < -0.4 is 5.32 Å². The zero-order chi connectivity index (χ0) is 12.9. The highest BCUT2D eigenvalue weighted by Crippen LogP contribution is 2.20. The van der Waals surface area contributed by atoms with E-state index in [1.54, 1.807) is 45.2 Å². The number of methoxy groups -OCH3 is 1. The number of nitrogens with one attached hydrogen (secondary N) is 1. The molecule has 0 saturated carbocycles. The van der Waals surface area contributed by atoms with Gasteiger partial charge in [-0.3, -0.25) is 4.79 Å². The molecule has 17 heavy (non-hydrogen) atoms. The Morgan fingerprint density at radius 1 is 1.47 bits per heavy atom. The maximum Gasteiger partial charge on any atom is 0.251 e. The lowest BCUT2D eigenvalue weighted by atomic mass is 9.96. The molecule has 0 fully saturated rings. The first-order chi connectivity index (χ1) is 7.95. The molecule has 1 aromatic carbocycles. The summed E-state index contributed by atoms with van der Waals surface area (Å²) in [6, 6.07) is 6.98. The van der Waals surface area contributed by atoms with Gasteiger partial charge in [0, 0.05) is 19.2 Å². The lowest BCUT2D eigenvalue weighted by Crippen LogP contribution is -2.27. The van der Waals surface area contributed by atoms with Crippen LogP contribution in [0.2, 0.25) is 0 Å². The Morgan fingerprint density at radius 3 is 2.76 bits per heavy atom. The summed E-state index contributed by atoms with van der Waals surface area (Å²) < 4.78 is 4.85. The van der Waals surface area contributed by atoms with E-state index in [2.05, 4.69) is 5.32 Å². The van der Waals surface area contributed by atoms with Gasteiger partial charge in [-0.15, -0.1) is 0 Å². The number of carbonyl (C=O) groups is 1. The van der Waals surface area contributed by atoms with Crippen LogP contribution >= 0.6 is 0 Å². The van der Waals surface area contributed by atoms with Gasteiger partial charge in [0.05, 0.1) is 12.2 Å². The third kappa shape index (κ3) is 4.17. The van der Waals surface area contributed by atoms with Gasteiger partial charge >= 0.3 is 0 Å². The Hall–Kier alpha value is -1.39. The van der Waals surface area contributed by atoms with Gasteiger partial charge in [-0.25, -0.2) is 0 Å². The maximum absolute atomic E-state index is 11.8. The average molecular weight is 237 g/mol. The summed E-state index contributed by atoms with van der Waals surface area (Å²) in [5, 5.41) is 12.6. The zero-order valence-corrected chi connectivity index (χ0v) is 10.5. The fourth-order valence-electron chi connectivity index (χ4n) is 1.41. The summed E-state index contributed by atoms with van der Waals surface area (Å²) in [5.41, 5.74) is 0.320. The molecule has 1 aromatic rings. The maximum atomic E-state index is 11.8. The van der Waals surface area contributed by atoms with E-state index in [0.29, 0.717) is 18.7 Å². The minimum Gasteiger partial charge on any atom is -0.386 e. The normalized spacial score (nSPS) is 11.3. The average Bonchev–Trinajstić information content (AvgIpc) is 2.28. The van der Waals surface area contributed by atoms with Crippen LogP contribution in [0, 0.1) is 0 Å². The monoisotopic (exact) mass is 237 g/mol. The zero-order valence-electron chi connectivity index (χ0n) is 10.5. The van der Waals surface area contributed by atoms with Crippen LogP contribution in [0.3, 0.4) is 0 Å². The second kappa shape index (κ2) is 5.80. The Kier molecular flexibility index (Phi) is 4.66. The van der Waals surface area contributed by atoms with Gasteiger partial charge in [-0.1, -0.05) is 12.1 Å². The van der Waals surface area contributed by atoms with Crippen molar-refractivity contribution < 1.29 is 14.6 Å². The summed E-state index contributed by atoms with van der Waals surface area (Å²) in [5.74, 6) is -0.159. The minimum absolute atomic E-state index is 0.159. The molecule has 1 rings (SSSR count). The molecule has 0 atom stereocenters. The molecule has 1 amide bonds.